The first-order valence-electron chi connectivity index (χ1n) is 7.54. The van der Waals surface area contributed by atoms with E-state index >= 15 is 0 Å². The summed E-state index contributed by atoms with van der Waals surface area (Å²) in [5.41, 5.74) is 0.467. The summed E-state index contributed by atoms with van der Waals surface area (Å²) in [5.74, 6) is -1.42. The zero-order chi connectivity index (χ0) is 17.5. The van der Waals surface area contributed by atoms with E-state index < -0.39 is 30.5 Å². The summed E-state index contributed by atoms with van der Waals surface area (Å²) in [6, 6.07) is 6.79. The molecule has 130 valence electrons. The standard InChI is InChI=1S/C16H19ClN2O5/c1-19(9-14(20)18-12-6-3-2-5-11(12)17)15(21)10-24-16(22)13-7-4-8-23-13/h2-3,5-6,13H,4,7-10H2,1H3,(H,18,20)/t13-/m1/s1. The van der Waals surface area contributed by atoms with Crippen molar-refractivity contribution >= 4 is 35.1 Å². The summed E-state index contributed by atoms with van der Waals surface area (Å²) in [7, 11) is 1.45. The number of carbonyl (C=O) groups is 3. The number of nitrogens with zero attached hydrogens (tertiary/aromatic N) is 1. The Morgan fingerprint density at radius 3 is 2.79 bits per heavy atom. The van der Waals surface area contributed by atoms with Crippen LogP contribution in [-0.2, 0) is 23.9 Å². The molecule has 1 fully saturated rings. The zero-order valence-electron chi connectivity index (χ0n) is 13.3. The zero-order valence-corrected chi connectivity index (χ0v) is 14.0. The summed E-state index contributed by atoms with van der Waals surface area (Å²) < 4.78 is 10.1. The number of hydrogen-bond acceptors (Lipinski definition) is 5. The maximum atomic E-state index is 11.9. The van der Waals surface area contributed by atoms with Gasteiger partial charge in [0.05, 0.1) is 17.3 Å². The molecule has 0 aromatic heterocycles. The quantitative estimate of drug-likeness (QED) is 0.782. The lowest BCUT2D eigenvalue weighted by Gasteiger charge is -2.17. The number of ether oxygens (including phenoxy) is 2. The average Bonchev–Trinajstić information content (AvgIpc) is 3.09. The third kappa shape index (κ3) is 5.21. The van der Waals surface area contributed by atoms with Gasteiger partial charge in [-0.15, -0.1) is 0 Å². The van der Waals surface area contributed by atoms with Gasteiger partial charge in [-0.3, -0.25) is 9.59 Å². The van der Waals surface area contributed by atoms with E-state index in [-0.39, 0.29) is 6.54 Å². The van der Waals surface area contributed by atoms with E-state index in [1.807, 2.05) is 0 Å². The first-order valence-corrected chi connectivity index (χ1v) is 7.91. The molecule has 0 spiro atoms. The van der Waals surface area contributed by atoms with E-state index in [1.165, 1.54) is 11.9 Å². The molecular weight excluding hydrogens is 336 g/mol. The number of anilines is 1. The van der Waals surface area contributed by atoms with Crippen molar-refractivity contribution in [2.24, 2.45) is 0 Å². The van der Waals surface area contributed by atoms with E-state index in [0.717, 1.165) is 6.42 Å². The lowest BCUT2D eigenvalue weighted by atomic mass is 10.2. The van der Waals surface area contributed by atoms with Crippen molar-refractivity contribution in [3.63, 3.8) is 0 Å². The molecule has 2 amide bonds. The van der Waals surface area contributed by atoms with Crippen LogP contribution in [0.15, 0.2) is 24.3 Å². The second-order valence-corrected chi connectivity index (χ2v) is 5.79. The van der Waals surface area contributed by atoms with E-state index in [2.05, 4.69) is 5.32 Å². The van der Waals surface area contributed by atoms with Gasteiger partial charge < -0.3 is 19.7 Å². The molecule has 1 heterocycles. The molecule has 8 heteroatoms. The van der Waals surface area contributed by atoms with Gasteiger partial charge in [0.2, 0.25) is 5.91 Å². The van der Waals surface area contributed by atoms with Crippen molar-refractivity contribution in [2.75, 3.05) is 32.1 Å². The highest BCUT2D eigenvalue weighted by atomic mass is 35.5. The first kappa shape index (κ1) is 18.2. The highest BCUT2D eigenvalue weighted by Gasteiger charge is 2.26. The van der Waals surface area contributed by atoms with Crippen LogP contribution in [0.4, 0.5) is 5.69 Å². The fourth-order valence-electron chi connectivity index (χ4n) is 2.16. The molecule has 0 radical (unpaired) electrons. The fraction of sp³-hybridized carbons (Fsp3) is 0.438. The molecule has 24 heavy (non-hydrogen) atoms. The van der Waals surface area contributed by atoms with E-state index in [4.69, 9.17) is 21.1 Å². The summed E-state index contributed by atoms with van der Waals surface area (Å²) in [6.07, 6.45) is 0.811. The van der Waals surface area contributed by atoms with Gasteiger partial charge in [-0.25, -0.2) is 4.79 Å². The molecule has 2 rings (SSSR count). The Labute approximate surface area is 144 Å². The lowest BCUT2D eigenvalue weighted by molar-refractivity contribution is -0.159. The minimum atomic E-state index is -0.591. The lowest BCUT2D eigenvalue weighted by Crippen LogP contribution is -2.38. The largest absolute Gasteiger partial charge is 0.454 e. The van der Waals surface area contributed by atoms with Crippen molar-refractivity contribution < 1.29 is 23.9 Å². The minimum Gasteiger partial charge on any atom is -0.454 e. The highest BCUT2D eigenvalue weighted by Crippen LogP contribution is 2.20. The van der Waals surface area contributed by atoms with Crippen LogP contribution in [0, 0.1) is 0 Å². The van der Waals surface area contributed by atoms with Gasteiger partial charge >= 0.3 is 5.97 Å². The molecule has 1 N–H and O–H groups in total. The number of carbonyl (C=O) groups excluding carboxylic acids is 3. The van der Waals surface area contributed by atoms with Crippen LogP contribution in [0.5, 0.6) is 0 Å². The highest BCUT2D eigenvalue weighted by molar-refractivity contribution is 6.33. The van der Waals surface area contributed by atoms with Gasteiger partial charge in [-0.05, 0) is 25.0 Å². The van der Waals surface area contributed by atoms with Crippen molar-refractivity contribution in [3.05, 3.63) is 29.3 Å². The second kappa shape index (κ2) is 8.65. The molecule has 1 saturated heterocycles. The van der Waals surface area contributed by atoms with E-state index in [0.29, 0.717) is 23.7 Å². The third-order valence-electron chi connectivity index (χ3n) is 3.48. The predicted molar refractivity (Wildman–Crippen MR) is 87.7 cm³/mol. The van der Waals surface area contributed by atoms with Crippen LogP contribution in [-0.4, -0.2) is 55.6 Å². The predicted octanol–water partition coefficient (Wildman–Crippen LogP) is 1.46. The van der Waals surface area contributed by atoms with Crippen molar-refractivity contribution in [1.29, 1.82) is 0 Å². The van der Waals surface area contributed by atoms with Gasteiger partial charge in [0.25, 0.3) is 5.91 Å². The summed E-state index contributed by atoms with van der Waals surface area (Å²) >= 11 is 5.95. The van der Waals surface area contributed by atoms with E-state index in [9.17, 15) is 14.4 Å². The summed E-state index contributed by atoms with van der Waals surface area (Å²) in [4.78, 5) is 36.7. The van der Waals surface area contributed by atoms with Gasteiger partial charge in [0.1, 0.15) is 0 Å². The SMILES string of the molecule is CN(CC(=O)Nc1ccccc1Cl)C(=O)COC(=O)[C@H]1CCCO1. The Kier molecular flexibility index (Phi) is 6.57. The number of nitrogens with one attached hydrogen (secondary N) is 1. The maximum Gasteiger partial charge on any atom is 0.335 e. The molecule has 7 nitrogen and oxygen atoms in total. The molecule has 1 aliphatic rings. The number of likely N-dealkylation sites (N-methyl/N-ethyl adjacent to an activating group) is 1. The monoisotopic (exact) mass is 354 g/mol. The van der Waals surface area contributed by atoms with Gasteiger partial charge in [-0.2, -0.15) is 0 Å². The van der Waals surface area contributed by atoms with Crippen LogP contribution in [0.1, 0.15) is 12.8 Å². The number of para-hydroxylation sites is 1. The second-order valence-electron chi connectivity index (χ2n) is 5.39. The van der Waals surface area contributed by atoms with Crippen LogP contribution in [0.25, 0.3) is 0 Å². The molecule has 1 aromatic rings. The third-order valence-corrected chi connectivity index (χ3v) is 3.81. The molecule has 1 aromatic carbocycles. The van der Waals surface area contributed by atoms with Crippen LogP contribution in [0.3, 0.4) is 0 Å². The number of rotatable bonds is 6. The van der Waals surface area contributed by atoms with Crippen molar-refractivity contribution in [2.45, 2.75) is 18.9 Å². The molecule has 0 aliphatic carbocycles. The Bertz CT molecular complexity index is 616. The Morgan fingerprint density at radius 1 is 1.38 bits per heavy atom. The summed E-state index contributed by atoms with van der Waals surface area (Å²) in [5, 5.41) is 3.02. The van der Waals surface area contributed by atoms with Crippen molar-refractivity contribution in [3.8, 4) is 0 Å². The molecule has 0 saturated carbocycles. The Hall–Kier alpha value is -2.12. The number of hydrogen-bond donors (Lipinski definition) is 1. The smallest absolute Gasteiger partial charge is 0.335 e. The fourth-order valence-corrected chi connectivity index (χ4v) is 2.34. The molecule has 1 aliphatic heterocycles. The Morgan fingerprint density at radius 2 is 2.12 bits per heavy atom. The van der Waals surface area contributed by atoms with Crippen molar-refractivity contribution in [1.82, 2.24) is 4.90 Å². The van der Waals surface area contributed by atoms with Gasteiger partial charge in [0, 0.05) is 13.7 Å². The average molecular weight is 355 g/mol. The molecule has 0 unspecified atom stereocenters. The first-order chi connectivity index (χ1) is 11.5. The van der Waals surface area contributed by atoms with Crippen LogP contribution < -0.4 is 5.32 Å². The van der Waals surface area contributed by atoms with Gasteiger partial charge in [0.15, 0.2) is 12.7 Å². The topological polar surface area (TPSA) is 84.9 Å². The Balaban J connectivity index is 1.75. The number of benzene rings is 1. The van der Waals surface area contributed by atoms with Crippen LogP contribution >= 0.6 is 11.6 Å². The number of esters is 1. The maximum absolute atomic E-state index is 11.9. The normalized spacial score (nSPS) is 16.5. The van der Waals surface area contributed by atoms with E-state index in [1.54, 1.807) is 24.3 Å². The number of halogens is 1. The molecule has 0 bridgehead atoms. The molecule has 1 atom stereocenters. The summed E-state index contributed by atoms with van der Waals surface area (Å²) in [6.45, 7) is -0.0774. The van der Waals surface area contributed by atoms with Gasteiger partial charge in [-0.1, -0.05) is 23.7 Å². The number of amides is 2. The molecular formula is C16H19ClN2O5. The van der Waals surface area contributed by atoms with Crippen LogP contribution in [0.2, 0.25) is 5.02 Å². The minimum absolute atomic E-state index is 0.179.